The molecular formula is C24H21ClN4O3. The maximum atomic E-state index is 13.1. The maximum absolute atomic E-state index is 13.1. The van der Waals surface area contributed by atoms with Crippen molar-refractivity contribution in [2.24, 2.45) is 0 Å². The molecule has 0 aliphatic carbocycles. The lowest BCUT2D eigenvalue weighted by Crippen LogP contribution is -2.24. The summed E-state index contributed by atoms with van der Waals surface area (Å²) >= 11 is 5.96. The van der Waals surface area contributed by atoms with E-state index in [1.807, 2.05) is 31.3 Å². The van der Waals surface area contributed by atoms with Crippen LogP contribution >= 0.6 is 11.6 Å². The van der Waals surface area contributed by atoms with Crippen LogP contribution in [-0.2, 0) is 13.0 Å². The number of hydrogen-bond acceptors (Lipinski definition) is 3. The molecule has 0 bridgehead atoms. The zero-order chi connectivity index (χ0) is 22.4. The Labute approximate surface area is 187 Å². The molecule has 32 heavy (non-hydrogen) atoms. The van der Waals surface area contributed by atoms with E-state index in [1.165, 1.54) is 10.7 Å². The molecule has 0 saturated heterocycles. The van der Waals surface area contributed by atoms with Gasteiger partial charge in [0.25, 0.3) is 11.1 Å². The molecule has 7 nitrogen and oxygen atoms in total. The van der Waals surface area contributed by atoms with Crippen molar-refractivity contribution in [2.45, 2.75) is 19.9 Å². The monoisotopic (exact) mass is 448 g/mol. The average Bonchev–Trinajstić information content (AvgIpc) is 3.34. The fourth-order valence-electron chi connectivity index (χ4n) is 4.18. The Morgan fingerprint density at radius 1 is 1.03 bits per heavy atom. The van der Waals surface area contributed by atoms with Crippen molar-refractivity contribution in [1.82, 2.24) is 19.3 Å². The lowest BCUT2D eigenvalue weighted by Gasteiger charge is -2.10. The highest BCUT2D eigenvalue weighted by Gasteiger charge is 2.16. The number of H-pyrrole nitrogens is 2. The zero-order valence-electron chi connectivity index (χ0n) is 17.6. The summed E-state index contributed by atoms with van der Waals surface area (Å²) in [7, 11) is 1.64. The van der Waals surface area contributed by atoms with Crippen LogP contribution in [0.25, 0.3) is 27.5 Å². The van der Waals surface area contributed by atoms with Gasteiger partial charge in [0.1, 0.15) is 5.75 Å². The van der Waals surface area contributed by atoms with E-state index in [9.17, 15) is 9.59 Å². The number of methoxy groups -OCH3 is 1. The number of nitrogens with one attached hydrogen (secondary N) is 2. The van der Waals surface area contributed by atoms with Gasteiger partial charge < -0.3 is 14.3 Å². The fraction of sp³-hybridized carbons (Fsp3) is 0.167. The van der Waals surface area contributed by atoms with Crippen LogP contribution in [0.5, 0.6) is 5.75 Å². The van der Waals surface area contributed by atoms with Gasteiger partial charge in [-0.15, -0.1) is 0 Å². The van der Waals surface area contributed by atoms with Gasteiger partial charge in [0.05, 0.1) is 23.7 Å². The van der Waals surface area contributed by atoms with Gasteiger partial charge in [0, 0.05) is 40.4 Å². The Hall–Kier alpha value is -3.71. The molecular weight excluding hydrogens is 428 g/mol. The SMILES string of the molecule is COc1ccc2[nH]cc(CCn3c(C)c4c(=O)n(-c5ccc(Cl)cc5)[nH]c4cc3=O)c2c1. The average molecular weight is 449 g/mol. The van der Waals surface area contributed by atoms with Crippen molar-refractivity contribution in [3.05, 3.63) is 91.7 Å². The number of pyridine rings is 1. The lowest BCUT2D eigenvalue weighted by atomic mass is 10.1. The highest BCUT2D eigenvalue weighted by Crippen LogP contribution is 2.24. The predicted octanol–water partition coefficient (Wildman–Crippen LogP) is 4.17. The van der Waals surface area contributed by atoms with E-state index in [0.717, 1.165) is 22.2 Å². The number of aromatic nitrogens is 4. The second-order valence-corrected chi connectivity index (χ2v) is 8.15. The van der Waals surface area contributed by atoms with E-state index >= 15 is 0 Å². The van der Waals surface area contributed by atoms with Gasteiger partial charge in [-0.05, 0) is 61.4 Å². The molecule has 8 heteroatoms. The van der Waals surface area contributed by atoms with Gasteiger partial charge in [-0.3, -0.25) is 14.7 Å². The number of aryl methyl sites for hydroxylation is 2. The molecule has 2 aromatic carbocycles. The first-order valence-corrected chi connectivity index (χ1v) is 10.6. The molecule has 0 saturated carbocycles. The van der Waals surface area contributed by atoms with Crippen molar-refractivity contribution < 1.29 is 4.74 Å². The van der Waals surface area contributed by atoms with E-state index in [2.05, 4.69) is 10.1 Å². The summed E-state index contributed by atoms with van der Waals surface area (Å²) in [5, 5.41) is 5.19. The molecule has 2 N–H and O–H groups in total. The molecule has 0 aliphatic heterocycles. The van der Waals surface area contributed by atoms with E-state index < -0.39 is 0 Å². The van der Waals surface area contributed by atoms with Crippen molar-refractivity contribution >= 4 is 33.4 Å². The van der Waals surface area contributed by atoms with E-state index in [4.69, 9.17) is 16.3 Å². The quantitative estimate of drug-likeness (QED) is 0.423. The molecule has 0 atom stereocenters. The number of fused-ring (bicyclic) bond motifs is 2. The largest absolute Gasteiger partial charge is 0.497 e. The molecule has 0 amide bonds. The summed E-state index contributed by atoms with van der Waals surface area (Å²) in [6.07, 6.45) is 2.59. The third kappa shape index (κ3) is 3.31. The molecule has 3 aromatic heterocycles. The minimum Gasteiger partial charge on any atom is -0.497 e. The lowest BCUT2D eigenvalue weighted by molar-refractivity contribution is 0.415. The first-order valence-electron chi connectivity index (χ1n) is 10.2. The zero-order valence-corrected chi connectivity index (χ0v) is 18.4. The topological polar surface area (TPSA) is 84.8 Å². The Balaban J connectivity index is 1.54. The molecule has 0 aliphatic rings. The van der Waals surface area contributed by atoms with Crippen molar-refractivity contribution in [3.8, 4) is 11.4 Å². The number of halogens is 1. The summed E-state index contributed by atoms with van der Waals surface area (Å²) in [6.45, 7) is 2.26. The molecule has 5 aromatic rings. The van der Waals surface area contributed by atoms with Crippen LogP contribution in [0, 0.1) is 6.92 Å². The number of aromatic amines is 2. The minimum absolute atomic E-state index is 0.156. The molecule has 0 spiro atoms. The number of benzene rings is 2. The molecule has 0 radical (unpaired) electrons. The Morgan fingerprint density at radius 2 is 1.81 bits per heavy atom. The fourth-order valence-corrected chi connectivity index (χ4v) is 4.31. The third-order valence-electron chi connectivity index (χ3n) is 5.88. The number of nitrogens with zero attached hydrogens (tertiary/aromatic N) is 2. The summed E-state index contributed by atoms with van der Waals surface area (Å²) in [5.74, 6) is 0.781. The Kier molecular flexibility index (Phi) is 4.90. The van der Waals surface area contributed by atoms with Crippen LogP contribution in [0.1, 0.15) is 11.3 Å². The van der Waals surface area contributed by atoms with E-state index in [0.29, 0.717) is 40.3 Å². The molecule has 0 fully saturated rings. The minimum atomic E-state index is -0.203. The maximum Gasteiger partial charge on any atom is 0.280 e. The van der Waals surface area contributed by atoms with Gasteiger partial charge in [0.15, 0.2) is 0 Å². The standard InChI is InChI=1S/C24H21ClN4O3/c1-14-23-21(27-29(24(23)31)17-5-3-16(25)4-6-17)12-22(30)28(14)10-9-15-13-26-20-8-7-18(32-2)11-19(15)20/h3-8,11-13,26-27H,9-10H2,1-2H3. The highest BCUT2D eigenvalue weighted by atomic mass is 35.5. The number of hydrogen-bond donors (Lipinski definition) is 2. The first-order chi connectivity index (χ1) is 15.5. The van der Waals surface area contributed by atoms with Gasteiger partial charge in [-0.1, -0.05) is 11.6 Å². The van der Waals surface area contributed by atoms with Crippen LogP contribution in [0.15, 0.2) is 64.3 Å². The number of rotatable bonds is 5. The van der Waals surface area contributed by atoms with Gasteiger partial charge in [-0.2, -0.15) is 0 Å². The summed E-state index contributed by atoms with van der Waals surface area (Å²) in [6, 6.07) is 14.3. The van der Waals surface area contributed by atoms with E-state index in [1.54, 1.807) is 35.9 Å². The summed E-state index contributed by atoms with van der Waals surface area (Å²) < 4.78 is 8.43. The molecule has 162 valence electrons. The van der Waals surface area contributed by atoms with Crippen molar-refractivity contribution in [2.75, 3.05) is 7.11 Å². The van der Waals surface area contributed by atoms with Crippen LogP contribution in [0.2, 0.25) is 5.02 Å². The van der Waals surface area contributed by atoms with Gasteiger partial charge >= 0.3 is 0 Å². The van der Waals surface area contributed by atoms with Crippen LogP contribution in [0.4, 0.5) is 0 Å². The first kappa shape index (κ1) is 20.2. The molecule has 5 rings (SSSR count). The van der Waals surface area contributed by atoms with Gasteiger partial charge in [0.2, 0.25) is 0 Å². The van der Waals surface area contributed by atoms with Crippen molar-refractivity contribution in [3.63, 3.8) is 0 Å². The van der Waals surface area contributed by atoms with Crippen molar-refractivity contribution in [1.29, 1.82) is 0 Å². The molecule has 0 unspecified atom stereocenters. The van der Waals surface area contributed by atoms with Crippen LogP contribution in [0.3, 0.4) is 0 Å². The van der Waals surface area contributed by atoms with Crippen LogP contribution < -0.4 is 15.9 Å². The normalized spacial score (nSPS) is 11.5. The second kappa shape index (κ2) is 7.76. The Morgan fingerprint density at radius 3 is 2.56 bits per heavy atom. The third-order valence-corrected chi connectivity index (χ3v) is 6.14. The van der Waals surface area contributed by atoms with E-state index in [-0.39, 0.29) is 11.1 Å². The summed E-state index contributed by atoms with van der Waals surface area (Å²) in [5.41, 5.74) is 3.54. The molecule has 3 heterocycles. The van der Waals surface area contributed by atoms with Crippen LogP contribution in [-0.4, -0.2) is 26.4 Å². The highest BCUT2D eigenvalue weighted by molar-refractivity contribution is 6.30. The predicted molar refractivity (Wildman–Crippen MR) is 126 cm³/mol. The summed E-state index contributed by atoms with van der Waals surface area (Å²) in [4.78, 5) is 29.3. The smallest absolute Gasteiger partial charge is 0.280 e. The van der Waals surface area contributed by atoms with Gasteiger partial charge in [-0.25, -0.2) is 4.68 Å². The Bertz CT molecular complexity index is 1570. The second-order valence-electron chi connectivity index (χ2n) is 7.71. The number of ether oxygens (including phenoxy) is 1.